The van der Waals surface area contributed by atoms with Crippen molar-refractivity contribution in [2.45, 2.75) is 22.3 Å². The summed E-state index contributed by atoms with van der Waals surface area (Å²) in [6, 6.07) is 14.1. The molecule has 2 aromatic carbocycles. The molecule has 96 valence electrons. The first-order valence-electron chi connectivity index (χ1n) is 6.03. The lowest BCUT2D eigenvalue weighted by Gasteiger charge is -2.16. The van der Waals surface area contributed by atoms with Gasteiger partial charge in [0, 0.05) is 14.8 Å². The molecule has 1 aliphatic heterocycles. The Bertz CT molecular complexity index is 629. The lowest BCUT2D eigenvalue weighted by Crippen LogP contribution is -2.21. The molecule has 0 bridgehead atoms. The van der Waals surface area contributed by atoms with Crippen LogP contribution in [0.15, 0.2) is 52.3 Å². The van der Waals surface area contributed by atoms with Gasteiger partial charge in [-0.05, 0) is 41.8 Å². The number of hydrogen-bond donors (Lipinski definition) is 1. The predicted octanol–water partition coefficient (Wildman–Crippen LogP) is 3.83. The van der Waals surface area contributed by atoms with E-state index in [0.717, 1.165) is 23.3 Å². The zero-order valence-electron chi connectivity index (χ0n) is 10.1. The van der Waals surface area contributed by atoms with Crippen molar-refractivity contribution in [2.24, 2.45) is 0 Å². The van der Waals surface area contributed by atoms with Crippen molar-refractivity contribution in [3.05, 3.63) is 58.6 Å². The summed E-state index contributed by atoms with van der Waals surface area (Å²) >= 11 is 7.81. The Morgan fingerprint density at radius 1 is 1.21 bits per heavy atom. The second-order valence-corrected chi connectivity index (χ2v) is 5.95. The van der Waals surface area contributed by atoms with Crippen LogP contribution in [0.3, 0.4) is 0 Å². The van der Waals surface area contributed by atoms with Gasteiger partial charge in [-0.2, -0.15) is 0 Å². The second-order valence-electron chi connectivity index (χ2n) is 4.43. The topological polar surface area (TPSA) is 29.1 Å². The van der Waals surface area contributed by atoms with E-state index in [9.17, 15) is 4.79 Å². The molecule has 2 aromatic rings. The summed E-state index contributed by atoms with van der Waals surface area (Å²) in [5.74, 6) is 0. The number of benzene rings is 2. The maximum absolute atomic E-state index is 10.8. The summed E-state index contributed by atoms with van der Waals surface area (Å²) in [5.41, 5.74) is 2.33. The Morgan fingerprint density at radius 2 is 2.05 bits per heavy atom. The molecule has 3 rings (SSSR count). The molecule has 0 aliphatic carbocycles. The van der Waals surface area contributed by atoms with Crippen LogP contribution in [0.25, 0.3) is 0 Å². The Labute approximate surface area is 121 Å². The van der Waals surface area contributed by atoms with Gasteiger partial charge in [-0.1, -0.05) is 41.6 Å². The molecule has 1 atom stereocenters. The number of carbonyl (C=O) groups excluding carboxylic acids is 1. The van der Waals surface area contributed by atoms with E-state index in [2.05, 4.69) is 17.4 Å². The molecule has 0 saturated heterocycles. The largest absolute Gasteiger partial charge is 0.351 e. The van der Waals surface area contributed by atoms with E-state index in [0.29, 0.717) is 5.02 Å². The van der Waals surface area contributed by atoms with Crippen LogP contribution in [-0.2, 0) is 11.2 Å². The highest BCUT2D eigenvalue weighted by atomic mass is 35.5. The molecule has 0 fully saturated rings. The molecule has 4 heteroatoms. The Kier molecular flexibility index (Phi) is 3.49. The van der Waals surface area contributed by atoms with Gasteiger partial charge in [0.15, 0.2) is 0 Å². The monoisotopic (exact) mass is 289 g/mol. The molecule has 0 radical (unpaired) electrons. The van der Waals surface area contributed by atoms with Crippen molar-refractivity contribution in [3.63, 3.8) is 0 Å². The standard InChI is InChI=1S/C15H12ClNOS/c16-11-5-6-15-12(8-11)13(17-9-18)7-10-3-1-2-4-14(10)19-15/h1-6,8-9,13H,7H2,(H,17,18)/t13-/m1/s1. The van der Waals surface area contributed by atoms with Crippen molar-refractivity contribution in [2.75, 3.05) is 0 Å². The number of carbonyl (C=O) groups is 1. The fraction of sp³-hybridized carbons (Fsp3) is 0.133. The van der Waals surface area contributed by atoms with Gasteiger partial charge in [-0.25, -0.2) is 0 Å². The van der Waals surface area contributed by atoms with E-state index >= 15 is 0 Å². The van der Waals surface area contributed by atoms with Crippen molar-refractivity contribution in [1.82, 2.24) is 5.32 Å². The van der Waals surface area contributed by atoms with Crippen LogP contribution in [0.4, 0.5) is 0 Å². The molecular formula is C15H12ClNOS. The summed E-state index contributed by atoms with van der Waals surface area (Å²) in [7, 11) is 0. The molecule has 1 heterocycles. The van der Waals surface area contributed by atoms with E-state index in [4.69, 9.17) is 11.6 Å². The van der Waals surface area contributed by atoms with E-state index in [-0.39, 0.29) is 6.04 Å². The average molecular weight is 290 g/mol. The van der Waals surface area contributed by atoms with Crippen molar-refractivity contribution in [3.8, 4) is 0 Å². The summed E-state index contributed by atoms with van der Waals surface area (Å²) in [4.78, 5) is 13.2. The summed E-state index contributed by atoms with van der Waals surface area (Å²) in [6.07, 6.45) is 1.54. The van der Waals surface area contributed by atoms with E-state index < -0.39 is 0 Å². The zero-order valence-corrected chi connectivity index (χ0v) is 11.7. The lowest BCUT2D eigenvalue weighted by atomic mass is 9.99. The molecule has 1 amide bonds. The summed E-state index contributed by atoms with van der Waals surface area (Å²) in [5, 5.41) is 3.59. The van der Waals surface area contributed by atoms with Crippen LogP contribution in [0, 0.1) is 0 Å². The first kappa shape index (κ1) is 12.6. The van der Waals surface area contributed by atoms with Gasteiger partial charge in [0.1, 0.15) is 0 Å². The molecule has 1 aliphatic rings. The molecule has 0 aromatic heterocycles. The van der Waals surface area contributed by atoms with Gasteiger partial charge in [0.25, 0.3) is 0 Å². The molecule has 2 nitrogen and oxygen atoms in total. The highest BCUT2D eigenvalue weighted by molar-refractivity contribution is 7.99. The highest BCUT2D eigenvalue weighted by Gasteiger charge is 2.22. The number of hydrogen-bond acceptors (Lipinski definition) is 2. The Morgan fingerprint density at radius 3 is 2.89 bits per heavy atom. The van der Waals surface area contributed by atoms with Gasteiger partial charge in [0.2, 0.25) is 6.41 Å². The van der Waals surface area contributed by atoms with Crippen molar-refractivity contribution < 1.29 is 4.79 Å². The predicted molar refractivity (Wildman–Crippen MR) is 77.7 cm³/mol. The first-order chi connectivity index (χ1) is 9.28. The third-order valence-corrected chi connectivity index (χ3v) is 4.68. The van der Waals surface area contributed by atoms with Crippen LogP contribution in [0.2, 0.25) is 5.02 Å². The molecule has 1 N–H and O–H groups in total. The van der Waals surface area contributed by atoms with Gasteiger partial charge in [-0.3, -0.25) is 4.79 Å². The van der Waals surface area contributed by atoms with Gasteiger partial charge in [0.05, 0.1) is 6.04 Å². The lowest BCUT2D eigenvalue weighted by molar-refractivity contribution is -0.110. The van der Waals surface area contributed by atoms with Crippen molar-refractivity contribution >= 4 is 29.8 Å². The smallest absolute Gasteiger partial charge is 0.207 e. The Hall–Kier alpha value is -1.45. The van der Waals surface area contributed by atoms with Crippen LogP contribution in [-0.4, -0.2) is 6.41 Å². The number of fused-ring (bicyclic) bond motifs is 2. The van der Waals surface area contributed by atoms with Crippen molar-refractivity contribution in [1.29, 1.82) is 0 Å². The number of amides is 1. The molecule has 0 unspecified atom stereocenters. The minimum absolute atomic E-state index is 0.0256. The normalized spacial score (nSPS) is 17.0. The number of nitrogens with one attached hydrogen (secondary N) is 1. The fourth-order valence-electron chi connectivity index (χ4n) is 2.34. The molecule has 19 heavy (non-hydrogen) atoms. The van der Waals surface area contributed by atoms with Crippen LogP contribution in [0.1, 0.15) is 17.2 Å². The van der Waals surface area contributed by atoms with Gasteiger partial charge >= 0.3 is 0 Å². The van der Waals surface area contributed by atoms with E-state index in [1.807, 2.05) is 30.3 Å². The minimum Gasteiger partial charge on any atom is -0.351 e. The zero-order chi connectivity index (χ0) is 13.2. The second kappa shape index (κ2) is 5.27. The molecule has 0 saturated carbocycles. The third kappa shape index (κ3) is 2.48. The highest BCUT2D eigenvalue weighted by Crippen LogP contribution is 2.41. The maximum atomic E-state index is 10.8. The maximum Gasteiger partial charge on any atom is 0.207 e. The average Bonchev–Trinajstić information content (AvgIpc) is 2.56. The van der Waals surface area contributed by atoms with E-state index in [1.165, 1.54) is 10.5 Å². The molecule has 0 spiro atoms. The minimum atomic E-state index is -0.0256. The van der Waals surface area contributed by atoms with Gasteiger partial charge < -0.3 is 5.32 Å². The first-order valence-corrected chi connectivity index (χ1v) is 7.22. The quantitative estimate of drug-likeness (QED) is 0.851. The fourth-order valence-corrected chi connectivity index (χ4v) is 3.64. The summed E-state index contributed by atoms with van der Waals surface area (Å²) < 4.78 is 0. The third-order valence-electron chi connectivity index (χ3n) is 3.23. The van der Waals surface area contributed by atoms with Crippen LogP contribution in [0.5, 0.6) is 0 Å². The summed E-state index contributed by atoms with van der Waals surface area (Å²) in [6.45, 7) is 0. The van der Waals surface area contributed by atoms with Crippen LogP contribution >= 0.6 is 23.4 Å². The number of halogens is 1. The molecular weight excluding hydrogens is 278 g/mol. The van der Waals surface area contributed by atoms with Gasteiger partial charge in [-0.15, -0.1) is 0 Å². The van der Waals surface area contributed by atoms with E-state index in [1.54, 1.807) is 11.8 Å². The number of rotatable bonds is 2. The Balaban J connectivity index is 2.12. The SMILES string of the molecule is O=CN[C@@H]1Cc2ccccc2Sc2ccc(Cl)cc21. The van der Waals surface area contributed by atoms with Crippen LogP contribution < -0.4 is 5.32 Å².